The number of carbonyl (C=O) groups excluding carboxylic acids is 1. The number of methoxy groups -OCH3 is 1. The second-order valence-corrected chi connectivity index (χ2v) is 11.1. The maximum Gasteiger partial charge on any atom is 0.255 e. The summed E-state index contributed by atoms with van der Waals surface area (Å²) in [5, 5.41) is 7.01. The minimum absolute atomic E-state index is 0.0789. The van der Waals surface area contributed by atoms with Crippen molar-refractivity contribution in [3.63, 3.8) is 0 Å². The first-order valence-electron chi connectivity index (χ1n) is 12.8. The van der Waals surface area contributed by atoms with Crippen LogP contribution in [0, 0.1) is 0 Å². The number of carbonyl (C=O) groups is 1. The van der Waals surface area contributed by atoms with Crippen LogP contribution in [0.3, 0.4) is 0 Å². The van der Waals surface area contributed by atoms with E-state index < -0.39 is 0 Å². The number of amides is 1. The molecule has 1 spiro atoms. The Labute approximate surface area is 226 Å². The summed E-state index contributed by atoms with van der Waals surface area (Å²) in [6.07, 6.45) is 5.22. The Hall–Kier alpha value is -3.27. The number of aromatic nitrogens is 2. The molecule has 3 N–H and O–H groups in total. The zero-order chi connectivity index (χ0) is 26.5. The van der Waals surface area contributed by atoms with Gasteiger partial charge in [-0.05, 0) is 44.9 Å². The van der Waals surface area contributed by atoms with Crippen LogP contribution < -0.4 is 20.1 Å². The first-order chi connectivity index (χ1) is 18.3. The number of fused-ring (bicyclic) bond motifs is 2. The maximum absolute atomic E-state index is 13.2. The van der Waals surface area contributed by atoms with Crippen LogP contribution in [0.15, 0.2) is 36.7 Å². The summed E-state index contributed by atoms with van der Waals surface area (Å²) in [4.78, 5) is 21.1. The molecule has 2 fully saturated rings. The van der Waals surface area contributed by atoms with Crippen molar-refractivity contribution >= 4 is 28.9 Å². The largest absolute Gasteiger partial charge is 0.493 e. The molecule has 4 heterocycles. The number of halogens is 1. The number of ether oxygens (including phenoxy) is 4. The van der Waals surface area contributed by atoms with E-state index in [-0.39, 0.29) is 23.0 Å². The molecule has 1 aliphatic carbocycles. The van der Waals surface area contributed by atoms with Crippen LogP contribution in [0.1, 0.15) is 42.7 Å². The van der Waals surface area contributed by atoms with Gasteiger partial charge in [-0.1, -0.05) is 17.7 Å². The number of hydrogen-bond donors (Lipinski definition) is 3. The number of anilines is 2. The van der Waals surface area contributed by atoms with Gasteiger partial charge in [0.2, 0.25) is 0 Å². The lowest BCUT2D eigenvalue weighted by Crippen LogP contribution is -2.44. The lowest BCUT2D eigenvalue weighted by atomic mass is 9.93. The first kappa shape index (κ1) is 25.0. The monoisotopic (exact) mass is 538 g/mol. The van der Waals surface area contributed by atoms with Crippen molar-refractivity contribution in [3.05, 3.63) is 52.9 Å². The highest BCUT2D eigenvalue weighted by molar-refractivity contribution is 6.32. The van der Waals surface area contributed by atoms with Gasteiger partial charge in [0.05, 0.1) is 59.8 Å². The van der Waals surface area contributed by atoms with Gasteiger partial charge in [-0.2, -0.15) is 0 Å². The van der Waals surface area contributed by atoms with E-state index in [4.69, 9.17) is 30.5 Å². The molecular weight excluding hydrogens is 508 g/mol. The number of aromatic amines is 1. The van der Waals surface area contributed by atoms with Gasteiger partial charge >= 0.3 is 0 Å². The molecule has 1 amide bonds. The van der Waals surface area contributed by atoms with E-state index in [9.17, 15) is 4.79 Å². The Morgan fingerprint density at radius 1 is 1.26 bits per heavy atom. The van der Waals surface area contributed by atoms with Crippen molar-refractivity contribution in [2.45, 2.75) is 43.8 Å². The Bertz CT molecular complexity index is 1370. The molecule has 2 aliphatic heterocycles. The normalized spacial score (nSPS) is 20.9. The molecule has 1 saturated carbocycles. The van der Waals surface area contributed by atoms with Crippen molar-refractivity contribution < 1.29 is 23.7 Å². The minimum atomic E-state index is -0.305. The molecular formula is C28H31ClN4O5. The molecule has 3 aromatic rings. The van der Waals surface area contributed by atoms with Crippen LogP contribution in [-0.2, 0) is 14.9 Å². The highest BCUT2D eigenvalue weighted by atomic mass is 35.5. The second-order valence-electron chi connectivity index (χ2n) is 10.7. The van der Waals surface area contributed by atoms with Crippen LogP contribution >= 0.6 is 11.6 Å². The van der Waals surface area contributed by atoms with E-state index in [1.54, 1.807) is 25.6 Å². The number of rotatable bonds is 7. The Morgan fingerprint density at radius 3 is 2.84 bits per heavy atom. The smallest absolute Gasteiger partial charge is 0.255 e. The molecule has 6 rings (SSSR count). The van der Waals surface area contributed by atoms with Crippen LogP contribution in [0.4, 0.5) is 11.4 Å². The molecule has 10 heteroatoms. The summed E-state index contributed by atoms with van der Waals surface area (Å²) in [5.41, 5.74) is 3.95. The van der Waals surface area contributed by atoms with Crippen LogP contribution in [0.5, 0.6) is 11.5 Å². The molecule has 1 saturated heterocycles. The van der Waals surface area contributed by atoms with E-state index in [1.807, 2.05) is 32.0 Å². The van der Waals surface area contributed by atoms with Crippen molar-refractivity contribution in [2.75, 3.05) is 38.8 Å². The van der Waals surface area contributed by atoms with Gasteiger partial charge in [0.1, 0.15) is 18.5 Å². The van der Waals surface area contributed by atoms with Gasteiger partial charge in [0.15, 0.2) is 5.75 Å². The zero-order valence-electron chi connectivity index (χ0n) is 21.7. The highest BCUT2D eigenvalue weighted by Gasteiger charge is 2.51. The molecule has 0 bridgehead atoms. The molecule has 9 nitrogen and oxygen atoms in total. The summed E-state index contributed by atoms with van der Waals surface area (Å²) >= 11 is 6.41. The fraction of sp³-hybridized carbons (Fsp3) is 0.429. The summed E-state index contributed by atoms with van der Waals surface area (Å²) < 4.78 is 23.6. The number of pyridine rings is 1. The Balaban J connectivity index is 1.40. The zero-order valence-corrected chi connectivity index (χ0v) is 22.4. The number of nitrogens with zero attached hydrogens (tertiary/aromatic N) is 1. The fourth-order valence-electron chi connectivity index (χ4n) is 5.11. The SMILES string of the molecule is COc1c(Cl)cccc1Nc1c(-c2ccncc2OCC2COC(C)(C)CO2)[nH]c2c1C(=O)NCC21CC1. The average molecular weight is 539 g/mol. The van der Waals surface area contributed by atoms with Gasteiger partial charge in [0, 0.05) is 29.4 Å². The highest BCUT2D eigenvalue weighted by Crippen LogP contribution is 2.54. The molecule has 1 aromatic carbocycles. The molecule has 2 aromatic heterocycles. The quantitative estimate of drug-likeness (QED) is 0.395. The lowest BCUT2D eigenvalue weighted by Gasteiger charge is -2.34. The fourth-order valence-corrected chi connectivity index (χ4v) is 5.36. The topological polar surface area (TPSA) is 107 Å². The summed E-state index contributed by atoms with van der Waals surface area (Å²) in [7, 11) is 1.57. The molecule has 0 radical (unpaired) electrons. The van der Waals surface area contributed by atoms with Gasteiger partial charge in [0.25, 0.3) is 5.91 Å². The van der Waals surface area contributed by atoms with Gasteiger partial charge in [-0.15, -0.1) is 0 Å². The molecule has 3 aliphatic rings. The van der Waals surface area contributed by atoms with Crippen molar-refractivity contribution in [1.82, 2.24) is 15.3 Å². The van der Waals surface area contributed by atoms with E-state index in [0.29, 0.717) is 59.8 Å². The molecule has 38 heavy (non-hydrogen) atoms. The number of para-hydroxylation sites is 1. The maximum atomic E-state index is 13.2. The lowest BCUT2D eigenvalue weighted by molar-refractivity contribution is -0.181. The van der Waals surface area contributed by atoms with Crippen molar-refractivity contribution in [3.8, 4) is 22.8 Å². The summed E-state index contributed by atoms with van der Waals surface area (Å²) in [5.74, 6) is 0.942. The first-order valence-corrected chi connectivity index (χ1v) is 13.1. The third kappa shape index (κ3) is 4.48. The predicted molar refractivity (Wildman–Crippen MR) is 144 cm³/mol. The van der Waals surface area contributed by atoms with Gasteiger partial charge in [-0.25, -0.2) is 0 Å². The van der Waals surface area contributed by atoms with E-state index >= 15 is 0 Å². The van der Waals surface area contributed by atoms with Crippen molar-refractivity contribution in [2.24, 2.45) is 0 Å². The van der Waals surface area contributed by atoms with E-state index in [2.05, 4.69) is 20.6 Å². The summed E-state index contributed by atoms with van der Waals surface area (Å²) in [6.45, 7) is 5.88. The Morgan fingerprint density at radius 2 is 2.11 bits per heavy atom. The Kier molecular flexibility index (Phi) is 6.25. The predicted octanol–water partition coefficient (Wildman–Crippen LogP) is 4.83. The molecule has 1 atom stereocenters. The van der Waals surface area contributed by atoms with Crippen LogP contribution in [-0.4, -0.2) is 61.1 Å². The third-order valence-electron chi connectivity index (χ3n) is 7.43. The van der Waals surface area contributed by atoms with E-state index in [0.717, 1.165) is 29.8 Å². The van der Waals surface area contributed by atoms with Gasteiger partial charge < -0.3 is 34.6 Å². The third-order valence-corrected chi connectivity index (χ3v) is 7.73. The van der Waals surface area contributed by atoms with Crippen LogP contribution in [0.25, 0.3) is 11.3 Å². The average Bonchev–Trinajstić information content (AvgIpc) is 3.58. The number of H-pyrrole nitrogens is 1. The van der Waals surface area contributed by atoms with E-state index in [1.165, 1.54) is 0 Å². The standard InChI is InChI=1S/C28H31ClN4O5/c1-27(2)15-37-16(13-38-27)12-36-20-11-30-10-7-17(20)22-23(32-19-6-4-5-18(29)24(19)35-3)21-25(33-22)28(8-9-28)14-31-26(21)34/h4-7,10-11,16,32-33H,8-9,12-15H2,1-3H3,(H,31,34). The van der Waals surface area contributed by atoms with Crippen LogP contribution in [0.2, 0.25) is 5.02 Å². The number of benzene rings is 1. The minimum Gasteiger partial charge on any atom is -0.493 e. The second kappa shape index (κ2) is 9.48. The molecule has 1 unspecified atom stereocenters. The van der Waals surface area contributed by atoms with Gasteiger partial charge in [-0.3, -0.25) is 9.78 Å². The van der Waals surface area contributed by atoms with Crippen molar-refractivity contribution in [1.29, 1.82) is 0 Å². The number of nitrogens with one attached hydrogen (secondary N) is 3. The molecule has 200 valence electrons. The summed E-state index contributed by atoms with van der Waals surface area (Å²) in [6, 6.07) is 7.35. The number of hydrogen-bond acceptors (Lipinski definition) is 7.